The summed E-state index contributed by atoms with van der Waals surface area (Å²) in [6.07, 6.45) is 1.78. The van der Waals surface area contributed by atoms with Crippen LogP contribution in [0.1, 0.15) is 19.4 Å². The fourth-order valence-electron chi connectivity index (χ4n) is 2.02. The molecule has 1 heterocycles. The second-order valence-electron chi connectivity index (χ2n) is 4.60. The van der Waals surface area contributed by atoms with Gasteiger partial charge in [0.25, 0.3) is 0 Å². The third-order valence-electron chi connectivity index (χ3n) is 3.14. The second-order valence-corrected chi connectivity index (χ2v) is 5.46. The van der Waals surface area contributed by atoms with Gasteiger partial charge in [0.1, 0.15) is 0 Å². The van der Waals surface area contributed by atoms with Crippen molar-refractivity contribution >= 4 is 32.7 Å². The first-order valence-electron chi connectivity index (χ1n) is 6.66. The molecule has 4 nitrogen and oxygen atoms in total. The van der Waals surface area contributed by atoms with E-state index in [0.717, 1.165) is 20.9 Å². The molecule has 0 aliphatic rings. The molecule has 0 fully saturated rings. The van der Waals surface area contributed by atoms with Gasteiger partial charge >= 0.3 is 0 Å². The number of aromatic nitrogens is 1. The Bertz CT molecular complexity index is 615. The van der Waals surface area contributed by atoms with Gasteiger partial charge in [-0.25, -0.2) is 0 Å². The number of rotatable bonds is 5. The van der Waals surface area contributed by atoms with Gasteiger partial charge in [-0.05, 0) is 31.5 Å². The average Bonchev–Trinajstić information content (AvgIpc) is 2.47. The molecule has 2 aromatic rings. The summed E-state index contributed by atoms with van der Waals surface area (Å²) in [5, 5.41) is 7.11. The van der Waals surface area contributed by atoms with Gasteiger partial charge in [-0.15, -0.1) is 0 Å². The van der Waals surface area contributed by atoms with Crippen LogP contribution in [0.2, 0.25) is 0 Å². The van der Waals surface area contributed by atoms with Crippen LogP contribution in [0.3, 0.4) is 0 Å². The highest BCUT2D eigenvalue weighted by Crippen LogP contribution is 2.25. The Kier molecular flexibility index (Phi) is 5.09. The zero-order valence-corrected chi connectivity index (χ0v) is 13.2. The summed E-state index contributed by atoms with van der Waals surface area (Å²) in [5.41, 5.74) is 2.04. The minimum atomic E-state index is -0.225. The monoisotopic (exact) mass is 335 g/mol. The van der Waals surface area contributed by atoms with Crippen LogP contribution in [-0.2, 0) is 11.3 Å². The molecule has 2 N–H and O–H groups in total. The third-order valence-corrected chi connectivity index (χ3v) is 3.83. The summed E-state index contributed by atoms with van der Waals surface area (Å²) in [5.74, 6) is 0.0156. The van der Waals surface area contributed by atoms with Crippen LogP contribution in [0.5, 0.6) is 0 Å². The molecule has 0 aliphatic heterocycles. The van der Waals surface area contributed by atoms with Crippen LogP contribution >= 0.6 is 15.9 Å². The minimum Gasteiger partial charge on any atom is -0.355 e. The fourth-order valence-corrected chi connectivity index (χ4v) is 2.47. The van der Waals surface area contributed by atoms with Crippen LogP contribution in [0.15, 0.2) is 34.9 Å². The van der Waals surface area contributed by atoms with Crippen molar-refractivity contribution < 1.29 is 4.79 Å². The molecule has 106 valence electrons. The Balaban J connectivity index is 2.15. The molecule has 5 heteroatoms. The van der Waals surface area contributed by atoms with Crippen molar-refractivity contribution in [3.8, 4) is 0 Å². The minimum absolute atomic E-state index is 0.0156. The summed E-state index contributed by atoms with van der Waals surface area (Å²) < 4.78 is 1.03. The second kappa shape index (κ2) is 6.81. The Morgan fingerprint density at radius 1 is 1.40 bits per heavy atom. The molecule has 0 saturated carbocycles. The average molecular weight is 336 g/mol. The number of likely N-dealkylation sites (N-methyl/N-ethyl adjacent to an activating group) is 1. The van der Waals surface area contributed by atoms with E-state index in [2.05, 4.69) is 31.5 Å². The van der Waals surface area contributed by atoms with E-state index in [9.17, 15) is 4.79 Å². The molecular formula is C15H18BrN3O. The maximum Gasteiger partial charge on any atom is 0.236 e. The molecule has 0 spiro atoms. The standard InChI is InChI=1S/C15H18BrN3O/c1-3-17-15(20)10(2)19-9-11-6-7-13(16)12-5-4-8-18-14(11)12/h4-8,10,19H,3,9H2,1-2H3,(H,17,20). The van der Waals surface area contributed by atoms with Gasteiger partial charge in [0.2, 0.25) is 5.91 Å². The third kappa shape index (κ3) is 3.35. The Morgan fingerprint density at radius 3 is 2.95 bits per heavy atom. The van der Waals surface area contributed by atoms with Gasteiger partial charge in [-0.1, -0.05) is 28.1 Å². The van der Waals surface area contributed by atoms with Gasteiger partial charge in [-0.3, -0.25) is 9.78 Å². The maximum absolute atomic E-state index is 11.7. The number of nitrogens with zero attached hydrogens (tertiary/aromatic N) is 1. The Labute approximate surface area is 127 Å². The first kappa shape index (κ1) is 14.9. The smallest absolute Gasteiger partial charge is 0.236 e. The number of halogens is 1. The molecule has 0 saturated heterocycles. The van der Waals surface area contributed by atoms with Gasteiger partial charge in [0, 0.05) is 29.1 Å². The van der Waals surface area contributed by atoms with Crippen molar-refractivity contribution in [1.82, 2.24) is 15.6 Å². The van der Waals surface area contributed by atoms with Crippen LogP contribution in [0.25, 0.3) is 10.9 Å². The van der Waals surface area contributed by atoms with E-state index in [0.29, 0.717) is 13.1 Å². The number of carbonyl (C=O) groups is 1. The number of pyridine rings is 1. The van der Waals surface area contributed by atoms with Crippen molar-refractivity contribution in [3.63, 3.8) is 0 Å². The van der Waals surface area contributed by atoms with E-state index in [-0.39, 0.29) is 11.9 Å². The molecule has 1 amide bonds. The summed E-state index contributed by atoms with van der Waals surface area (Å²) in [6.45, 7) is 5.03. The largest absolute Gasteiger partial charge is 0.355 e. The van der Waals surface area contributed by atoms with E-state index < -0.39 is 0 Å². The highest BCUT2D eigenvalue weighted by Gasteiger charge is 2.12. The number of nitrogens with one attached hydrogen (secondary N) is 2. The van der Waals surface area contributed by atoms with Crippen LogP contribution in [-0.4, -0.2) is 23.5 Å². The summed E-state index contributed by atoms with van der Waals surface area (Å²) >= 11 is 3.53. The van der Waals surface area contributed by atoms with Crippen molar-refractivity contribution in [2.75, 3.05) is 6.54 Å². The summed E-state index contributed by atoms with van der Waals surface area (Å²) in [7, 11) is 0. The first-order valence-corrected chi connectivity index (χ1v) is 7.46. The van der Waals surface area contributed by atoms with Crippen LogP contribution in [0, 0.1) is 0 Å². The normalized spacial score (nSPS) is 12.3. The number of fused-ring (bicyclic) bond motifs is 1. The molecule has 0 radical (unpaired) electrons. The molecule has 0 aliphatic carbocycles. The van der Waals surface area contributed by atoms with E-state index in [1.54, 1.807) is 6.20 Å². The molecule has 1 aromatic carbocycles. The number of benzene rings is 1. The van der Waals surface area contributed by atoms with Gasteiger partial charge in [0.05, 0.1) is 11.6 Å². The highest BCUT2D eigenvalue weighted by molar-refractivity contribution is 9.10. The fraction of sp³-hybridized carbons (Fsp3) is 0.333. The lowest BCUT2D eigenvalue weighted by Crippen LogP contribution is -2.41. The SMILES string of the molecule is CCNC(=O)C(C)NCc1ccc(Br)c2cccnc12. The lowest BCUT2D eigenvalue weighted by atomic mass is 10.1. The zero-order chi connectivity index (χ0) is 14.5. The van der Waals surface area contributed by atoms with Crippen molar-refractivity contribution in [2.24, 2.45) is 0 Å². The molecule has 0 bridgehead atoms. The number of hydrogen-bond acceptors (Lipinski definition) is 3. The van der Waals surface area contributed by atoms with Gasteiger partial charge in [-0.2, -0.15) is 0 Å². The summed E-state index contributed by atoms with van der Waals surface area (Å²) in [6, 6.07) is 7.76. The predicted octanol–water partition coefficient (Wildman–Crippen LogP) is 2.61. The van der Waals surface area contributed by atoms with Gasteiger partial charge < -0.3 is 10.6 Å². The van der Waals surface area contributed by atoms with Crippen LogP contribution in [0.4, 0.5) is 0 Å². The molecule has 20 heavy (non-hydrogen) atoms. The lowest BCUT2D eigenvalue weighted by Gasteiger charge is -2.14. The molecular weight excluding hydrogens is 318 g/mol. The molecule has 1 unspecified atom stereocenters. The number of hydrogen-bond donors (Lipinski definition) is 2. The maximum atomic E-state index is 11.7. The highest BCUT2D eigenvalue weighted by atomic mass is 79.9. The molecule has 2 rings (SSSR count). The topological polar surface area (TPSA) is 54.0 Å². The van der Waals surface area contributed by atoms with E-state index in [1.807, 2.05) is 38.1 Å². The Hall–Kier alpha value is -1.46. The van der Waals surface area contributed by atoms with Crippen molar-refractivity contribution in [1.29, 1.82) is 0 Å². The number of carbonyl (C=O) groups excluding carboxylic acids is 1. The predicted molar refractivity (Wildman–Crippen MR) is 84.4 cm³/mol. The first-order chi connectivity index (χ1) is 9.63. The quantitative estimate of drug-likeness (QED) is 0.883. The van der Waals surface area contributed by atoms with E-state index in [4.69, 9.17) is 0 Å². The zero-order valence-electron chi connectivity index (χ0n) is 11.6. The molecule has 1 atom stereocenters. The molecule has 1 aromatic heterocycles. The van der Waals surface area contributed by atoms with Crippen molar-refractivity contribution in [3.05, 3.63) is 40.5 Å². The van der Waals surface area contributed by atoms with Crippen LogP contribution < -0.4 is 10.6 Å². The van der Waals surface area contributed by atoms with Gasteiger partial charge in [0.15, 0.2) is 0 Å². The van der Waals surface area contributed by atoms with Crippen molar-refractivity contribution in [2.45, 2.75) is 26.4 Å². The lowest BCUT2D eigenvalue weighted by molar-refractivity contribution is -0.122. The number of amides is 1. The summed E-state index contributed by atoms with van der Waals surface area (Å²) in [4.78, 5) is 16.1. The van der Waals surface area contributed by atoms with E-state index >= 15 is 0 Å². The Morgan fingerprint density at radius 2 is 2.20 bits per heavy atom. The van der Waals surface area contributed by atoms with E-state index in [1.165, 1.54) is 0 Å².